The molecule has 1 heterocycles. The summed E-state index contributed by atoms with van der Waals surface area (Å²) in [6.45, 7) is 5.39. The number of benzene rings is 1. The first kappa shape index (κ1) is 16.5. The summed E-state index contributed by atoms with van der Waals surface area (Å²) in [6.07, 6.45) is 2.04. The van der Waals surface area contributed by atoms with Crippen LogP contribution in [-0.2, 0) is 20.7 Å². The highest BCUT2D eigenvalue weighted by Gasteiger charge is 2.18. The molecule has 1 aromatic carbocycles. The van der Waals surface area contributed by atoms with Gasteiger partial charge in [-0.05, 0) is 32.4 Å². The van der Waals surface area contributed by atoms with Gasteiger partial charge in [0.2, 0.25) is 6.41 Å². The third-order valence-electron chi connectivity index (χ3n) is 3.09. The second-order valence-electron chi connectivity index (χ2n) is 6.13. The van der Waals surface area contributed by atoms with Crippen molar-refractivity contribution in [2.24, 2.45) is 5.73 Å². The topological polar surface area (TPSA) is 103 Å². The molecule has 0 atom stereocenters. The van der Waals surface area contributed by atoms with Gasteiger partial charge >= 0.3 is 12.0 Å². The fraction of sp³-hybridized carbons (Fsp3) is 0.312. The number of carbonyl (C=O) groups is 3. The van der Waals surface area contributed by atoms with Crippen LogP contribution in [0.2, 0.25) is 0 Å². The molecule has 0 fully saturated rings. The average molecular weight is 317 g/mol. The molecule has 2 aromatic rings. The Hall–Kier alpha value is -2.83. The lowest BCUT2D eigenvalue weighted by atomic mass is 10.1. The second-order valence-corrected chi connectivity index (χ2v) is 6.13. The second kappa shape index (κ2) is 6.12. The third kappa shape index (κ3) is 3.88. The first-order chi connectivity index (χ1) is 10.7. The Morgan fingerprint density at radius 1 is 1.35 bits per heavy atom. The van der Waals surface area contributed by atoms with Crippen LogP contribution in [0.4, 0.5) is 10.5 Å². The number of hydrogen-bond acceptors (Lipinski definition) is 4. The number of aromatic nitrogens is 1. The molecule has 7 heteroatoms. The summed E-state index contributed by atoms with van der Waals surface area (Å²) in [5, 5.41) is 3.17. The first-order valence-corrected chi connectivity index (χ1v) is 7.07. The minimum absolute atomic E-state index is 0.0770. The lowest BCUT2D eigenvalue weighted by Crippen LogP contribution is -2.24. The van der Waals surface area contributed by atoms with Crippen molar-refractivity contribution < 1.29 is 19.1 Å². The van der Waals surface area contributed by atoms with E-state index in [-0.39, 0.29) is 12.4 Å². The summed E-state index contributed by atoms with van der Waals surface area (Å²) < 4.78 is 6.50. The molecule has 0 bridgehead atoms. The monoisotopic (exact) mass is 317 g/mol. The van der Waals surface area contributed by atoms with Crippen LogP contribution in [-0.4, -0.2) is 28.6 Å². The largest absolute Gasteiger partial charge is 0.460 e. The number of nitrogens with two attached hydrogens (primary N) is 1. The Kier molecular flexibility index (Phi) is 4.40. The standard InChI is InChI=1S/C16H19N3O4/c1-16(2,3)23-14(21)7-10-4-5-11-12(18-9-20)8-19(15(17)22)13(11)6-10/h4-6,8-9H,7H2,1-3H3,(H2,17,22)(H,18,20). The van der Waals surface area contributed by atoms with E-state index in [4.69, 9.17) is 10.5 Å². The van der Waals surface area contributed by atoms with Gasteiger partial charge in [-0.25, -0.2) is 4.79 Å². The van der Waals surface area contributed by atoms with E-state index >= 15 is 0 Å². The van der Waals surface area contributed by atoms with E-state index in [1.807, 2.05) is 0 Å². The third-order valence-corrected chi connectivity index (χ3v) is 3.09. The molecule has 0 spiro atoms. The Morgan fingerprint density at radius 2 is 2.04 bits per heavy atom. The zero-order chi connectivity index (χ0) is 17.2. The SMILES string of the molecule is CC(C)(C)OC(=O)Cc1ccc2c(NC=O)cn(C(N)=O)c2c1. The van der Waals surface area contributed by atoms with Gasteiger partial charge in [0.05, 0.1) is 17.6 Å². The van der Waals surface area contributed by atoms with Gasteiger partial charge in [-0.3, -0.25) is 14.2 Å². The number of anilines is 1. The average Bonchev–Trinajstić information content (AvgIpc) is 2.75. The van der Waals surface area contributed by atoms with Gasteiger partial charge in [0, 0.05) is 11.6 Å². The van der Waals surface area contributed by atoms with E-state index < -0.39 is 11.6 Å². The molecule has 23 heavy (non-hydrogen) atoms. The number of amides is 2. The van der Waals surface area contributed by atoms with Gasteiger partial charge < -0.3 is 15.8 Å². The van der Waals surface area contributed by atoms with Crippen molar-refractivity contribution in [3.8, 4) is 0 Å². The number of hydrogen-bond donors (Lipinski definition) is 2. The van der Waals surface area contributed by atoms with Crippen LogP contribution in [0.25, 0.3) is 10.9 Å². The fourth-order valence-electron chi connectivity index (χ4n) is 2.29. The quantitative estimate of drug-likeness (QED) is 0.665. The summed E-state index contributed by atoms with van der Waals surface area (Å²) in [4.78, 5) is 34.1. The molecule has 0 unspecified atom stereocenters. The van der Waals surface area contributed by atoms with Crippen molar-refractivity contribution in [1.29, 1.82) is 0 Å². The van der Waals surface area contributed by atoms with Gasteiger partial charge in [-0.1, -0.05) is 12.1 Å². The van der Waals surface area contributed by atoms with Crippen molar-refractivity contribution in [3.63, 3.8) is 0 Å². The molecular weight excluding hydrogens is 298 g/mol. The summed E-state index contributed by atoms with van der Waals surface area (Å²) in [7, 11) is 0. The number of fused-ring (bicyclic) bond motifs is 1. The molecular formula is C16H19N3O4. The maximum absolute atomic E-state index is 11.9. The lowest BCUT2D eigenvalue weighted by Gasteiger charge is -2.19. The van der Waals surface area contributed by atoms with Crippen molar-refractivity contribution in [2.75, 3.05) is 5.32 Å². The first-order valence-electron chi connectivity index (χ1n) is 7.07. The van der Waals surface area contributed by atoms with Crippen LogP contribution >= 0.6 is 0 Å². The summed E-state index contributed by atoms with van der Waals surface area (Å²) in [6, 6.07) is 4.47. The molecule has 0 saturated carbocycles. The van der Waals surface area contributed by atoms with Crippen LogP contribution in [0.3, 0.4) is 0 Å². The Balaban J connectivity index is 2.37. The van der Waals surface area contributed by atoms with Crippen molar-refractivity contribution in [2.45, 2.75) is 32.8 Å². The van der Waals surface area contributed by atoms with E-state index in [9.17, 15) is 14.4 Å². The number of nitrogens with one attached hydrogen (secondary N) is 1. The molecule has 0 radical (unpaired) electrons. The van der Waals surface area contributed by atoms with E-state index in [2.05, 4.69) is 5.32 Å². The highest BCUT2D eigenvalue weighted by molar-refractivity contribution is 6.02. The van der Waals surface area contributed by atoms with Crippen LogP contribution in [0, 0.1) is 0 Å². The lowest BCUT2D eigenvalue weighted by molar-refractivity contribution is -0.153. The predicted octanol–water partition coefficient (Wildman–Crippen LogP) is 2.02. The molecule has 7 nitrogen and oxygen atoms in total. The van der Waals surface area contributed by atoms with Crippen LogP contribution in [0.5, 0.6) is 0 Å². The highest BCUT2D eigenvalue weighted by atomic mass is 16.6. The number of primary amides is 1. The molecule has 3 N–H and O–H groups in total. The molecule has 2 rings (SSSR count). The zero-order valence-corrected chi connectivity index (χ0v) is 13.3. The van der Waals surface area contributed by atoms with Crippen molar-refractivity contribution in [1.82, 2.24) is 4.57 Å². The molecule has 0 saturated heterocycles. The summed E-state index contributed by atoms with van der Waals surface area (Å²) >= 11 is 0. The maximum atomic E-state index is 11.9. The zero-order valence-electron chi connectivity index (χ0n) is 13.3. The van der Waals surface area contributed by atoms with Gasteiger partial charge in [-0.15, -0.1) is 0 Å². The Labute approximate surface area is 133 Å². The minimum atomic E-state index is -0.677. The summed E-state index contributed by atoms with van der Waals surface area (Å²) in [5.41, 5.74) is 6.45. The number of carbonyl (C=O) groups excluding carboxylic acids is 3. The van der Waals surface area contributed by atoms with E-state index in [0.717, 1.165) is 0 Å². The molecule has 0 aliphatic rings. The Morgan fingerprint density at radius 3 is 2.61 bits per heavy atom. The number of esters is 1. The molecule has 0 aliphatic heterocycles. The van der Waals surface area contributed by atoms with Crippen LogP contribution in [0.1, 0.15) is 26.3 Å². The fourth-order valence-corrected chi connectivity index (χ4v) is 2.29. The van der Waals surface area contributed by atoms with Crippen molar-refractivity contribution in [3.05, 3.63) is 30.0 Å². The van der Waals surface area contributed by atoms with Gasteiger partial charge in [0.15, 0.2) is 0 Å². The van der Waals surface area contributed by atoms with Crippen LogP contribution < -0.4 is 11.1 Å². The van der Waals surface area contributed by atoms with E-state index in [1.54, 1.807) is 39.0 Å². The van der Waals surface area contributed by atoms with Gasteiger partial charge in [-0.2, -0.15) is 0 Å². The number of nitrogens with zero attached hydrogens (tertiary/aromatic N) is 1. The summed E-state index contributed by atoms with van der Waals surface area (Å²) in [5.74, 6) is -0.361. The smallest absolute Gasteiger partial charge is 0.323 e. The molecule has 1 aromatic heterocycles. The van der Waals surface area contributed by atoms with E-state index in [0.29, 0.717) is 28.6 Å². The Bertz CT molecular complexity index is 771. The number of ether oxygens (including phenoxy) is 1. The molecule has 122 valence electrons. The van der Waals surface area contributed by atoms with Crippen LogP contribution in [0.15, 0.2) is 24.4 Å². The number of rotatable bonds is 4. The highest BCUT2D eigenvalue weighted by Crippen LogP contribution is 2.27. The maximum Gasteiger partial charge on any atom is 0.323 e. The van der Waals surface area contributed by atoms with Gasteiger partial charge in [0.1, 0.15) is 5.60 Å². The minimum Gasteiger partial charge on any atom is -0.460 e. The van der Waals surface area contributed by atoms with Crippen molar-refractivity contribution >= 4 is 35.0 Å². The predicted molar refractivity (Wildman–Crippen MR) is 86.2 cm³/mol. The molecule has 2 amide bonds. The normalized spacial score (nSPS) is 11.3. The van der Waals surface area contributed by atoms with Gasteiger partial charge in [0.25, 0.3) is 0 Å². The molecule has 0 aliphatic carbocycles. The van der Waals surface area contributed by atoms with E-state index in [1.165, 1.54) is 10.8 Å².